The van der Waals surface area contributed by atoms with Crippen LogP contribution in [0.5, 0.6) is 46.0 Å². The number of hydrogen-bond donors (Lipinski definition) is 8. The van der Waals surface area contributed by atoms with Gasteiger partial charge in [-0.15, -0.1) is 0 Å². The van der Waals surface area contributed by atoms with Gasteiger partial charge in [0.15, 0.2) is 40.6 Å². The van der Waals surface area contributed by atoms with Crippen molar-refractivity contribution in [3.8, 4) is 46.0 Å². The van der Waals surface area contributed by atoms with Gasteiger partial charge in [0.2, 0.25) is 0 Å². The Morgan fingerprint density at radius 3 is 1.94 bits per heavy atom. The molecule has 0 unspecified atom stereocenters. The lowest BCUT2D eigenvalue weighted by molar-refractivity contribution is -0.117. The van der Waals surface area contributed by atoms with Gasteiger partial charge in [-0.2, -0.15) is 0 Å². The number of carbonyl (C=O) groups excluding carboxylic acids is 1. The van der Waals surface area contributed by atoms with E-state index < -0.39 is 52.6 Å². The number of benzene rings is 3. The van der Waals surface area contributed by atoms with Gasteiger partial charge in [-0.25, -0.2) is 0 Å². The summed E-state index contributed by atoms with van der Waals surface area (Å²) in [5, 5.41) is 81.0. The van der Waals surface area contributed by atoms with Crippen LogP contribution in [-0.4, -0.2) is 52.7 Å². The molecule has 1 heterocycles. The Bertz CT molecular complexity index is 1320. The molecule has 0 fully saturated rings. The standard InChI is InChI=1S/C26H26O10/c1-10-3-16(28)15-9-21(33)25(13-7-19(31)24(35)20(32)8-13)36-26(15)22(10)14(4-11(2)27)12-5-17(29)23(34)18(30)6-12/h3,5-8,14,21,25,28-35H,4,9H2,1-2H3/t14-,21+,25-/m1/s1. The van der Waals surface area contributed by atoms with Gasteiger partial charge in [0, 0.05) is 35.4 Å². The number of phenols is 7. The lowest BCUT2D eigenvalue weighted by Crippen LogP contribution is -2.31. The van der Waals surface area contributed by atoms with Crippen molar-refractivity contribution in [2.75, 3.05) is 0 Å². The maximum absolute atomic E-state index is 12.2. The highest BCUT2D eigenvalue weighted by atomic mass is 16.5. The molecular formula is C26H26O10. The molecule has 190 valence electrons. The fourth-order valence-corrected chi connectivity index (χ4v) is 4.69. The van der Waals surface area contributed by atoms with Crippen LogP contribution < -0.4 is 4.74 Å². The van der Waals surface area contributed by atoms with E-state index in [0.29, 0.717) is 16.7 Å². The quantitative estimate of drug-likeness (QED) is 0.243. The van der Waals surface area contributed by atoms with Crippen molar-refractivity contribution in [2.24, 2.45) is 0 Å². The second-order valence-electron chi connectivity index (χ2n) is 9.02. The van der Waals surface area contributed by atoms with Crippen molar-refractivity contribution in [3.05, 3.63) is 58.1 Å². The molecule has 0 bridgehead atoms. The molecule has 1 aliphatic heterocycles. The summed E-state index contributed by atoms with van der Waals surface area (Å²) in [5.41, 5.74) is 1.64. The Morgan fingerprint density at radius 1 is 0.889 bits per heavy atom. The number of aryl methyl sites for hydroxylation is 1. The molecule has 3 aromatic carbocycles. The highest BCUT2D eigenvalue weighted by molar-refractivity contribution is 5.78. The minimum absolute atomic E-state index is 0.0830. The molecule has 10 nitrogen and oxygen atoms in total. The summed E-state index contributed by atoms with van der Waals surface area (Å²) in [6, 6.07) is 6.15. The SMILES string of the molecule is CC(=O)C[C@H](c1cc(O)c(O)c(O)c1)c1c(C)cc(O)c2c1O[C@H](c1cc(O)c(O)c(O)c1)[C@@H](O)C2. The fourth-order valence-electron chi connectivity index (χ4n) is 4.69. The Kier molecular flexibility index (Phi) is 6.23. The summed E-state index contributed by atoms with van der Waals surface area (Å²) < 4.78 is 6.14. The average Bonchev–Trinajstić information content (AvgIpc) is 2.79. The Hall–Kier alpha value is -4.31. The van der Waals surface area contributed by atoms with Crippen LogP contribution >= 0.6 is 0 Å². The number of phenolic OH excluding ortho intramolecular Hbond substituents is 7. The molecule has 0 saturated carbocycles. The summed E-state index contributed by atoms with van der Waals surface area (Å²) in [6.45, 7) is 3.04. The Morgan fingerprint density at radius 2 is 1.42 bits per heavy atom. The van der Waals surface area contributed by atoms with E-state index in [2.05, 4.69) is 0 Å². The first kappa shape index (κ1) is 24.8. The maximum atomic E-state index is 12.2. The van der Waals surface area contributed by atoms with Crippen molar-refractivity contribution in [1.82, 2.24) is 0 Å². The third-order valence-corrected chi connectivity index (χ3v) is 6.37. The molecule has 10 heteroatoms. The second kappa shape index (κ2) is 9.04. The Balaban J connectivity index is 1.91. The van der Waals surface area contributed by atoms with E-state index in [-0.39, 0.29) is 41.3 Å². The van der Waals surface area contributed by atoms with Crippen LogP contribution in [0.2, 0.25) is 0 Å². The second-order valence-corrected chi connectivity index (χ2v) is 9.02. The van der Waals surface area contributed by atoms with Crippen LogP contribution in [0.15, 0.2) is 30.3 Å². The molecule has 0 spiro atoms. The number of fused-ring (bicyclic) bond motifs is 1. The summed E-state index contributed by atoms with van der Waals surface area (Å²) in [5.74, 6) is -4.89. The maximum Gasteiger partial charge on any atom is 0.200 e. The molecule has 0 aromatic heterocycles. The molecule has 36 heavy (non-hydrogen) atoms. The summed E-state index contributed by atoms with van der Waals surface area (Å²) >= 11 is 0. The van der Waals surface area contributed by atoms with Gasteiger partial charge in [0.05, 0.1) is 6.10 Å². The third kappa shape index (κ3) is 4.27. The van der Waals surface area contributed by atoms with Crippen molar-refractivity contribution >= 4 is 5.78 Å². The van der Waals surface area contributed by atoms with E-state index >= 15 is 0 Å². The van der Waals surface area contributed by atoms with Gasteiger partial charge in [-0.3, -0.25) is 4.79 Å². The normalized spacial score (nSPS) is 17.8. The van der Waals surface area contributed by atoms with Crippen molar-refractivity contribution in [3.63, 3.8) is 0 Å². The van der Waals surface area contributed by atoms with Crippen molar-refractivity contribution in [2.45, 2.75) is 44.8 Å². The highest BCUT2D eigenvalue weighted by Crippen LogP contribution is 2.50. The van der Waals surface area contributed by atoms with E-state index in [0.717, 1.165) is 12.1 Å². The van der Waals surface area contributed by atoms with Crippen LogP contribution in [0.4, 0.5) is 0 Å². The number of aliphatic hydroxyl groups is 1. The number of hydrogen-bond acceptors (Lipinski definition) is 10. The number of aliphatic hydroxyl groups excluding tert-OH is 1. The first-order valence-corrected chi connectivity index (χ1v) is 11.1. The Labute approximate surface area is 205 Å². The topological polar surface area (TPSA) is 188 Å². The molecule has 1 aliphatic rings. The minimum Gasteiger partial charge on any atom is -0.508 e. The summed E-state index contributed by atoms with van der Waals surface area (Å²) in [7, 11) is 0. The minimum atomic E-state index is -1.21. The number of carbonyl (C=O) groups is 1. The largest absolute Gasteiger partial charge is 0.508 e. The fraction of sp³-hybridized carbons (Fsp3) is 0.269. The summed E-state index contributed by atoms with van der Waals surface area (Å²) in [6.07, 6.45) is -2.51. The number of aromatic hydroxyl groups is 7. The van der Waals surface area contributed by atoms with E-state index in [1.54, 1.807) is 6.92 Å². The van der Waals surface area contributed by atoms with Gasteiger partial charge in [-0.1, -0.05) is 0 Å². The lowest BCUT2D eigenvalue weighted by atomic mass is 9.81. The number of Topliss-reactive ketones (excluding diaryl/α,β-unsaturated/α-hetero) is 1. The predicted molar refractivity (Wildman–Crippen MR) is 126 cm³/mol. The highest BCUT2D eigenvalue weighted by Gasteiger charge is 2.37. The van der Waals surface area contributed by atoms with Crippen molar-refractivity contribution in [1.29, 1.82) is 0 Å². The number of rotatable bonds is 5. The van der Waals surface area contributed by atoms with E-state index in [9.17, 15) is 45.6 Å². The van der Waals surface area contributed by atoms with E-state index in [4.69, 9.17) is 4.74 Å². The molecule has 0 radical (unpaired) electrons. The first-order valence-electron chi connectivity index (χ1n) is 11.1. The molecule has 0 aliphatic carbocycles. The van der Waals surface area contributed by atoms with Crippen LogP contribution in [0.25, 0.3) is 0 Å². The molecule has 0 amide bonds. The van der Waals surface area contributed by atoms with Crippen LogP contribution in [0.3, 0.4) is 0 Å². The number of ether oxygens (including phenoxy) is 1. The van der Waals surface area contributed by atoms with Crippen LogP contribution in [0.1, 0.15) is 53.2 Å². The van der Waals surface area contributed by atoms with Crippen LogP contribution in [0, 0.1) is 6.92 Å². The van der Waals surface area contributed by atoms with Gasteiger partial charge in [0.25, 0.3) is 0 Å². The van der Waals surface area contributed by atoms with Gasteiger partial charge >= 0.3 is 0 Å². The molecule has 3 atom stereocenters. The molecular weight excluding hydrogens is 472 g/mol. The zero-order valence-electron chi connectivity index (χ0n) is 19.4. The predicted octanol–water partition coefficient (Wildman–Crippen LogP) is 3.08. The van der Waals surface area contributed by atoms with E-state index in [1.807, 2.05) is 0 Å². The van der Waals surface area contributed by atoms with E-state index in [1.165, 1.54) is 25.1 Å². The number of ketones is 1. The van der Waals surface area contributed by atoms with Gasteiger partial charge in [0.1, 0.15) is 17.3 Å². The zero-order valence-corrected chi connectivity index (χ0v) is 19.4. The summed E-state index contributed by atoms with van der Waals surface area (Å²) in [4.78, 5) is 12.2. The third-order valence-electron chi connectivity index (χ3n) is 6.37. The smallest absolute Gasteiger partial charge is 0.200 e. The van der Waals surface area contributed by atoms with Crippen LogP contribution in [-0.2, 0) is 11.2 Å². The van der Waals surface area contributed by atoms with Crippen molar-refractivity contribution < 1.29 is 50.4 Å². The lowest BCUT2D eigenvalue weighted by Gasteiger charge is -2.35. The average molecular weight is 498 g/mol. The molecule has 3 aromatic rings. The molecule has 0 saturated heterocycles. The van der Waals surface area contributed by atoms with Gasteiger partial charge in [-0.05, 0) is 55.3 Å². The zero-order chi connectivity index (χ0) is 26.5. The van der Waals surface area contributed by atoms with Gasteiger partial charge < -0.3 is 45.6 Å². The first-order chi connectivity index (χ1) is 16.9. The monoisotopic (exact) mass is 498 g/mol. The molecule has 8 N–H and O–H groups in total. The molecule has 4 rings (SSSR count).